The van der Waals surface area contributed by atoms with Crippen LogP contribution in [0.1, 0.15) is 64.2 Å². The van der Waals surface area contributed by atoms with Gasteiger partial charge in [0.2, 0.25) is 0 Å². The molecule has 2 fully saturated rings. The van der Waals surface area contributed by atoms with Crippen LogP contribution in [0.15, 0.2) is 0 Å². The molecule has 2 saturated carbocycles. The minimum atomic E-state index is -2.83. The molecule has 0 heterocycles. The van der Waals surface area contributed by atoms with Gasteiger partial charge in [-0.2, -0.15) is 0 Å². The smallest absolute Gasteiger partial charge is 0.793 e. The molecule has 2 aliphatic rings. The largest absolute Gasteiger partial charge is 1.00 e. The molecule has 2 nitrogen and oxygen atoms in total. The molecular formula is C12H22O2PS2Zn. The van der Waals surface area contributed by atoms with E-state index in [4.69, 9.17) is 16.3 Å². The Hall–Kier alpha value is 1.54. The summed E-state index contributed by atoms with van der Waals surface area (Å²) in [6.45, 7) is 0. The van der Waals surface area contributed by atoms with Crippen molar-refractivity contribution in [3.8, 4) is 0 Å². The zero-order valence-electron chi connectivity index (χ0n) is 11.0. The summed E-state index contributed by atoms with van der Waals surface area (Å²) in [7, 11) is 0. The summed E-state index contributed by atoms with van der Waals surface area (Å²) in [6, 6.07) is 0. The van der Waals surface area contributed by atoms with Crippen LogP contribution in [0.25, 0.3) is 0 Å². The third-order valence-electron chi connectivity index (χ3n) is 3.66. The Labute approximate surface area is 133 Å². The van der Waals surface area contributed by atoms with Crippen molar-refractivity contribution < 1.29 is 28.9 Å². The molecule has 1 unspecified atom stereocenters. The van der Waals surface area contributed by atoms with Gasteiger partial charge in [0.25, 0.3) is 0 Å². The number of hydrogen-bond donors (Lipinski definition) is 0. The molecule has 0 N–H and O–H groups in total. The van der Waals surface area contributed by atoms with Crippen molar-refractivity contribution in [1.82, 2.24) is 0 Å². The predicted octanol–water partition coefficient (Wildman–Crippen LogP) is 3.98. The van der Waals surface area contributed by atoms with Crippen molar-refractivity contribution in [3.63, 3.8) is 0 Å². The van der Waals surface area contributed by atoms with E-state index < -0.39 is 5.69 Å². The van der Waals surface area contributed by atoms with Crippen molar-refractivity contribution in [2.45, 2.75) is 75.6 Å². The molecule has 0 spiro atoms. The Kier molecular flexibility index (Phi) is 8.55. The summed E-state index contributed by atoms with van der Waals surface area (Å²) < 4.78 is 5.71. The van der Waals surface area contributed by atoms with E-state index in [9.17, 15) is 4.89 Å². The topological polar surface area (TPSA) is 32.3 Å². The Balaban J connectivity index is 0.00000162. The number of rotatable bonds is 4. The fourth-order valence-electron chi connectivity index (χ4n) is 2.73. The molecule has 0 bridgehead atoms. The van der Waals surface area contributed by atoms with Crippen molar-refractivity contribution in [2.75, 3.05) is 0 Å². The number of hydrogen-bond acceptors (Lipinski definition) is 4. The van der Waals surface area contributed by atoms with E-state index in [2.05, 4.69) is 0 Å². The van der Waals surface area contributed by atoms with Crippen LogP contribution < -0.4 is 4.89 Å². The molecule has 1 atom stereocenters. The summed E-state index contributed by atoms with van der Waals surface area (Å²) in [6.07, 6.45) is 12.1. The molecule has 2 rings (SSSR count). The maximum atomic E-state index is 12.3. The second kappa shape index (κ2) is 8.75. The molecule has 0 amide bonds. The van der Waals surface area contributed by atoms with E-state index in [1.807, 2.05) is 0 Å². The summed E-state index contributed by atoms with van der Waals surface area (Å²) in [5.41, 5.74) is -2.83. The Bertz CT molecular complexity index is 255. The van der Waals surface area contributed by atoms with Crippen molar-refractivity contribution >= 4 is 28.9 Å². The molecule has 18 heavy (non-hydrogen) atoms. The third kappa shape index (κ3) is 6.33. The summed E-state index contributed by atoms with van der Waals surface area (Å²) in [5.74, 6) is 0. The third-order valence-corrected chi connectivity index (χ3v) is 8.20. The summed E-state index contributed by atoms with van der Waals surface area (Å²) >= 11 is 6.67. The normalized spacial score (nSPS) is 26.3. The van der Waals surface area contributed by atoms with E-state index in [1.54, 1.807) is 0 Å². The van der Waals surface area contributed by atoms with Gasteiger partial charge in [-0.3, -0.25) is 0 Å². The summed E-state index contributed by atoms with van der Waals surface area (Å²) in [5, 5.41) is 0.482. The first-order chi connectivity index (χ1) is 8.16. The van der Waals surface area contributed by atoms with Gasteiger partial charge in [0.15, 0.2) is 0 Å². The van der Waals surface area contributed by atoms with Crippen LogP contribution in [0.5, 0.6) is 0 Å². The fraction of sp³-hybridized carbons (Fsp3) is 1.00. The molecule has 101 valence electrons. The van der Waals surface area contributed by atoms with Crippen molar-refractivity contribution in [3.05, 3.63) is 0 Å². The average Bonchev–Trinajstić information content (AvgIpc) is 2.30. The Morgan fingerprint density at radius 1 is 0.944 bits per heavy atom. The second-order valence-electron chi connectivity index (χ2n) is 5.18. The van der Waals surface area contributed by atoms with E-state index in [-0.39, 0.29) is 25.6 Å². The van der Waals surface area contributed by atoms with Crippen molar-refractivity contribution in [1.29, 1.82) is 0 Å². The van der Waals surface area contributed by atoms with Gasteiger partial charge in [-0.25, -0.2) is 0 Å². The van der Waals surface area contributed by atoms with Gasteiger partial charge in [0.1, 0.15) is 0 Å². The minimum Gasteiger partial charge on any atom is -0.793 e. The SMILES string of the molecule is [O-]P(=S)(OC1CCCCC1)SC1CCCCC1.[Zn+]. The van der Waals surface area contributed by atoms with E-state index in [0.717, 1.165) is 12.8 Å². The average molecular weight is 359 g/mol. The molecule has 2 aliphatic carbocycles. The zero-order chi connectivity index (χ0) is 12.1. The first-order valence-electron chi connectivity index (χ1n) is 6.83. The minimum absolute atomic E-state index is 0. The maximum absolute atomic E-state index is 12.3. The second-order valence-corrected chi connectivity index (χ2v) is 11.4. The Morgan fingerprint density at radius 2 is 1.44 bits per heavy atom. The zero-order valence-corrected chi connectivity index (χ0v) is 16.5. The van der Waals surface area contributed by atoms with Gasteiger partial charge in [-0.05, 0) is 25.7 Å². The summed E-state index contributed by atoms with van der Waals surface area (Å²) in [4.78, 5) is 12.3. The van der Waals surface area contributed by atoms with Crippen LogP contribution in [0.2, 0.25) is 0 Å². The van der Waals surface area contributed by atoms with Gasteiger partial charge in [0.05, 0.1) is 6.10 Å². The molecule has 0 aromatic rings. The van der Waals surface area contributed by atoms with Crippen molar-refractivity contribution in [2.24, 2.45) is 0 Å². The van der Waals surface area contributed by atoms with Gasteiger partial charge in [-0.1, -0.05) is 50.3 Å². The monoisotopic (exact) mass is 357 g/mol. The molecule has 0 saturated heterocycles. The Morgan fingerprint density at radius 3 is 2.00 bits per heavy atom. The van der Waals surface area contributed by atoms with Crippen LogP contribution in [-0.4, -0.2) is 11.4 Å². The standard InChI is InChI=1S/C12H23O2PS2.Zn/c13-15(16,14-11-7-3-1-4-8-11)17-12-9-5-2-6-10-12;/h11-12H,1-10H2,(H,13,16);/q;+1/p-1. The molecule has 0 aromatic heterocycles. The van der Waals surface area contributed by atoms with E-state index in [1.165, 1.54) is 62.7 Å². The molecule has 0 aliphatic heterocycles. The molecule has 6 heteroatoms. The predicted molar refractivity (Wildman–Crippen MR) is 76.7 cm³/mol. The first kappa shape index (κ1) is 17.6. The quantitative estimate of drug-likeness (QED) is 0.562. The van der Waals surface area contributed by atoms with Gasteiger partial charge < -0.3 is 9.42 Å². The van der Waals surface area contributed by atoms with E-state index in [0.29, 0.717) is 5.25 Å². The maximum Gasteiger partial charge on any atom is 1.00 e. The van der Waals surface area contributed by atoms with Crippen LogP contribution >= 0.6 is 17.1 Å². The van der Waals surface area contributed by atoms with Crippen LogP contribution in [0, 0.1) is 0 Å². The van der Waals surface area contributed by atoms with Crippen LogP contribution in [-0.2, 0) is 35.8 Å². The molecular weight excluding hydrogens is 337 g/mol. The fourth-order valence-corrected chi connectivity index (χ4v) is 7.97. The van der Waals surface area contributed by atoms with E-state index >= 15 is 0 Å². The molecule has 1 radical (unpaired) electrons. The van der Waals surface area contributed by atoms with Crippen LogP contribution in [0.3, 0.4) is 0 Å². The van der Waals surface area contributed by atoms with Crippen LogP contribution in [0.4, 0.5) is 0 Å². The van der Waals surface area contributed by atoms with Gasteiger partial charge in [0, 0.05) is 10.9 Å². The van der Waals surface area contributed by atoms with Gasteiger partial charge in [-0.15, -0.1) is 11.4 Å². The van der Waals surface area contributed by atoms with Gasteiger partial charge >= 0.3 is 19.5 Å². The molecule has 0 aromatic carbocycles. The first-order valence-corrected chi connectivity index (χ1v) is 11.0.